The zero-order chi connectivity index (χ0) is 13.6. The molecule has 0 radical (unpaired) electrons. The van der Waals surface area contributed by atoms with Gasteiger partial charge < -0.3 is 15.8 Å². The monoisotopic (exact) mass is 260 g/mol. The fourth-order valence-corrected chi connectivity index (χ4v) is 2.23. The van der Waals surface area contributed by atoms with Crippen LogP contribution in [-0.4, -0.2) is 33.3 Å². The molecule has 3 N–H and O–H groups in total. The lowest BCUT2D eigenvalue weighted by atomic mass is 10.0. The number of aliphatic carboxylic acids is 1. The fraction of sp³-hybridized carbons (Fsp3) is 0.250. The Hall–Kier alpha value is -2.57. The van der Waals surface area contributed by atoms with Crippen molar-refractivity contribution < 1.29 is 9.90 Å². The third-order valence-corrected chi connectivity index (χ3v) is 3.35. The summed E-state index contributed by atoms with van der Waals surface area (Å²) in [5, 5.41) is 9.03. The first-order chi connectivity index (χ1) is 9.09. The minimum Gasteiger partial charge on any atom is -0.480 e. The second-order valence-corrected chi connectivity index (χ2v) is 4.44. The number of nitrogens with zero attached hydrogens (tertiary/aromatic N) is 3. The summed E-state index contributed by atoms with van der Waals surface area (Å²) in [7, 11) is 0. The first-order valence-electron chi connectivity index (χ1n) is 5.86. The largest absolute Gasteiger partial charge is 0.480 e. The Balaban J connectivity index is 2.17. The lowest BCUT2D eigenvalue weighted by Crippen LogP contribution is -2.55. The topological polar surface area (TPSA) is 101 Å². The van der Waals surface area contributed by atoms with Crippen molar-refractivity contribution >= 4 is 22.8 Å². The Bertz CT molecular complexity index is 724. The molecule has 19 heavy (non-hydrogen) atoms. The first-order valence-corrected chi connectivity index (χ1v) is 5.86. The second kappa shape index (κ2) is 3.98. The molecule has 1 unspecified atom stereocenters. The molecule has 7 nitrogen and oxygen atoms in total. The summed E-state index contributed by atoms with van der Waals surface area (Å²) >= 11 is 0. The van der Waals surface area contributed by atoms with Crippen LogP contribution >= 0.6 is 0 Å². The highest BCUT2D eigenvalue weighted by atomic mass is 16.4. The molecule has 1 aliphatic heterocycles. The minimum atomic E-state index is -0.954. The van der Waals surface area contributed by atoms with E-state index in [0.29, 0.717) is 24.0 Å². The second-order valence-electron chi connectivity index (χ2n) is 4.44. The molecule has 1 saturated heterocycles. The van der Waals surface area contributed by atoms with Gasteiger partial charge in [0.2, 0.25) is 0 Å². The molecule has 1 fully saturated rings. The lowest BCUT2D eigenvalue weighted by molar-refractivity contribution is -0.140. The average molecular weight is 260 g/mol. The van der Waals surface area contributed by atoms with Crippen molar-refractivity contribution in [3.63, 3.8) is 0 Å². The molecule has 1 atom stereocenters. The van der Waals surface area contributed by atoms with Gasteiger partial charge in [0.1, 0.15) is 6.04 Å². The van der Waals surface area contributed by atoms with Gasteiger partial charge in [0.15, 0.2) is 5.82 Å². The summed E-state index contributed by atoms with van der Waals surface area (Å²) in [5.41, 5.74) is 0.601. The van der Waals surface area contributed by atoms with Crippen LogP contribution in [0.15, 0.2) is 29.1 Å². The molecule has 7 heteroatoms. The van der Waals surface area contributed by atoms with Crippen LogP contribution in [-0.2, 0) is 4.79 Å². The van der Waals surface area contributed by atoms with E-state index in [1.165, 1.54) is 4.90 Å². The van der Waals surface area contributed by atoms with Crippen LogP contribution in [0.25, 0.3) is 11.0 Å². The van der Waals surface area contributed by atoms with Crippen LogP contribution in [0, 0.1) is 0 Å². The van der Waals surface area contributed by atoms with Crippen molar-refractivity contribution in [2.45, 2.75) is 12.5 Å². The number of carboxylic acids is 1. The standard InChI is InChI=1S/C12H12N4O3/c13-16-8-4-2-1-3-7(8)14-10(11(16)17)15-6-5-9(15)12(18)19/h1-4,9H,5-6,13H2,(H,18,19). The molecule has 3 rings (SSSR count). The fourth-order valence-electron chi connectivity index (χ4n) is 2.23. The van der Waals surface area contributed by atoms with E-state index in [2.05, 4.69) is 4.98 Å². The smallest absolute Gasteiger partial charge is 0.326 e. The first kappa shape index (κ1) is 11.5. The number of carbonyl (C=O) groups is 1. The van der Waals surface area contributed by atoms with Gasteiger partial charge in [0.25, 0.3) is 0 Å². The van der Waals surface area contributed by atoms with E-state index < -0.39 is 17.6 Å². The zero-order valence-corrected chi connectivity index (χ0v) is 9.98. The zero-order valence-electron chi connectivity index (χ0n) is 9.98. The third-order valence-electron chi connectivity index (χ3n) is 3.35. The number of nitrogens with two attached hydrogens (primary N) is 1. The average Bonchev–Trinajstić information content (AvgIpc) is 2.33. The number of hydrogen-bond donors (Lipinski definition) is 2. The number of carboxylic acid groups (broad SMARTS) is 1. The third kappa shape index (κ3) is 1.62. The molecule has 0 aliphatic carbocycles. The van der Waals surface area contributed by atoms with Crippen molar-refractivity contribution in [2.24, 2.45) is 0 Å². The van der Waals surface area contributed by atoms with Crippen molar-refractivity contribution in [1.82, 2.24) is 9.66 Å². The summed E-state index contributed by atoms with van der Waals surface area (Å²) in [4.78, 5) is 28.9. The molecule has 1 aromatic carbocycles. The molecular formula is C12H12N4O3. The van der Waals surface area contributed by atoms with Crippen molar-refractivity contribution in [3.8, 4) is 0 Å². The Morgan fingerprint density at radius 1 is 1.42 bits per heavy atom. The number of rotatable bonds is 2. The molecule has 0 saturated carbocycles. The number of aromatic nitrogens is 2. The number of hydrogen-bond acceptors (Lipinski definition) is 5. The number of nitrogen functional groups attached to an aromatic ring is 1. The van der Waals surface area contributed by atoms with Gasteiger partial charge >= 0.3 is 11.5 Å². The minimum absolute atomic E-state index is 0.0971. The molecule has 0 amide bonds. The van der Waals surface area contributed by atoms with Gasteiger partial charge in [0, 0.05) is 6.54 Å². The SMILES string of the molecule is Nn1c(=O)c(N2CCC2C(=O)O)nc2ccccc21. The van der Waals surface area contributed by atoms with Crippen LogP contribution < -0.4 is 16.3 Å². The summed E-state index contributed by atoms with van der Waals surface area (Å²) in [6.07, 6.45) is 0.508. The van der Waals surface area contributed by atoms with Gasteiger partial charge in [-0.05, 0) is 18.6 Å². The molecule has 98 valence electrons. The van der Waals surface area contributed by atoms with Gasteiger partial charge in [0.05, 0.1) is 11.0 Å². The predicted molar refractivity (Wildman–Crippen MR) is 69.5 cm³/mol. The highest BCUT2D eigenvalue weighted by molar-refractivity contribution is 5.81. The molecular weight excluding hydrogens is 248 g/mol. The van der Waals surface area contributed by atoms with E-state index in [-0.39, 0.29) is 5.82 Å². The van der Waals surface area contributed by atoms with Crippen LogP contribution in [0.4, 0.5) is 5.82 Å². The molecule has 2 aromatic rings. The van der Waals surface area contributed by atoms with E-state index in [9.17, 15) is 9.59 Å². The highest BCUT2D eigenvalue weighted by Gasteiger charge is 2.36. The van der Waals surface area contributed by atoms with Gasteiger partial charge in [-0.3, -0.25) is 4.79 Å². The van der Waals surface area contributed by atoms with Gasteiger partial charge in [-0.15, -0.1) is 0 Å². The maximum absolute atomic E-state index is 12.1. The normalized spacial score (nSPS) is 18.3. The Morgan fingerprint density at radius 3 is 2.79 bits per heavy atom. The van der Waals surface area contributed by atoms with Crippen molar-refractivity contribution in [2.75, 3.05) is 17.3 Å². The number of anilines is 1. The summed E-state index contributed by atoms with van der Waals surface area (Å²) in [6.45, 7) is 0.498. The summed E-state index contributed by atoms with van der Waals surface area (Å²) in [6, 6.07) is 6.28. The van der Waals surface area contributed by atoms with Crippen molar-refractivity contribution in [1.29, 1.82) is 0 Å². The predicted octanol–water partition coefficient (Wildman–Crippen LogP) is -0.226. The Kier molecular flexibility index (Phi) is 2.41. The Labute approximate surface area is 107 Å². The number of benzene rings is 1. The van der Waals surface area contributed by atoms with Gasteiger partial charge in [-0.1, -0.05) is 12.1 Å². The molecule has 0 bridgehead atoms. The van der Waals surface area contributed by atoms with Crippen LogP contribution in [0.1, 0.15) is 6.42 Å². The van der Waals surface area contributed by atoms with E-state index in [1.54, 1.807) is 24.3 Å². The van der Waals surface area contributed by atoms with Crippen LogP contribution in [0.3, 0.4) is 0 Å². The number of fused-ring (bicyclic) bond motifs is 1. The molecule has 2 heterocycles. The van der Waals surface area contributed by atoms with E-state index in [0.717, 1.165) is 4.68 Å². The molecule has 1 aromatic heterocycles. The van der Waals surface area contributed by atoms with Crippen molar-refractivity contribution in [3.05, 3.63) is 34.6 Å². The van der Waals surface area contributed by atoms with Gasteiger partial charge in [-0.2, -0.15) is 0 Å². The van der Waals surface area contributed by atoms with Gasteiger partial charge in [-0.25, -0.2) is 14.5 Å². The summed E-state index contributed by atoms with van der Waals surface area (Å²) < 4.78 is 1.01. The maximum Gasteiger partial charge on any atom is 0.326 e. The number of para-hydroxylation sites is 2. The lowest BCUT2D eigenvalue weighted by Gasteiger charge is -2.38. The van der Waals surface area contributed by atoms with E-state index in [1.807, 2.05) is 0 Å². The maximum atomic E-state index is 12.1. The van der Waals surface area contributed by atoms with Crippen LogP contribution in [0.2, 0.25) is 0 Å². The Morgan fingerprint density at radius 2 is 2.16 bits per heavy atom. The van der Waals surface area contributed by atoms with Crippen LogP contribution in [0.5, 0.6) is 0 Å². The highest BCUT2D eigenvalue weighted by Crippen LogP contribution is 2.23. The van der Waals surface area contributed by atoms with E-state index >= 15 is 0 Å². The molecule has 1 aliphatic rings. The summed E-state index contributed by atoms with van der Waals surface area (Å²) in [5.74, 6) is 4.89. The van der Waals surface area contributed by atoms with E-state index in [4.69, 9.17) is 10.9 Å². The molecule has 0 spiro atoms. The quantitative estimate of drug-likeness (QED) is 0.723.